The quantitative estimate of drug-likeness (QED) is 0.631. The van der Waals surface area contributed by atoms with Gasteiger partial charge in [-0.15, -0.1) is 0 Å². The third kappa shape index (κ3) is 6.10. The standard InChI is InChI=1S/C21H25ClN2O5S/c1-28-17-9-5-8-16(12-17)23-21(25)14-29-20-11-10-18(13-19(20)22)30(26,27)24-15-6-3-2-4-7-15/h5,8-13,15,24H,2-4,6-7,14H2,1H3,(H,23,25). The van der Waals surface area contributed by atoms with E-state index < -0.39 is 10.0 Å². The second kappa shape index (κ2) is 10.1. The number of hydrogen-bond donors (Lipinski definition) is 2. The Morgan fingerprint density at radius 3 is 2.60 bits per heavy atom. The number of carbonyl (C=O) groups is 1. The van der Waals surface area contributed by atoms with Gasteiger partial charge in [-0.3, -0.25) is 4.79 Å². The van der Waals surface area contributed by atoms with Gasteiger partial charge in [0.15, 0.2) is 6.61 Å². The molecular weight excluding hydrogens is 428 g/mol. The van der Waals surface area contributed by atoms with Gasteiger partial charge in [0.05, 0.1) is 17.0 Å². The predicted octanol–water partition coefficient (Wildman–Crippen LogP) is 3.98. The third-order valence-corrected chi connectivity index (χ3v) is 6.67. The maximum Gasteiger partial charge on any atom is 0.262 e. The van der Waals surface area contributed by atoms with Crippen molar-refractivity contribution in [3.8, 4) is 11.5 Å². The van der Waals surface area contributed by atoms with Gasteiger partial charge in [-0.1, -0.05) is 36.9 Å². The average Bonchev–Trinajstić information content (AvgIpc) is 2.73. The van der Waals surface area contributed by atoms with Crippen LogP contribution in [0.5, 0.6) is 11.5 Å². The van der Waals surface area contributed by atoms with E-state index in [-0.39, 0.29) is 34.2 Å². The second-order valence-corrected chi connectivity index (χ2v) is 9.24. The highest BCUT2D eigenvalue weighted by Gasteiger charge is 2.22. The van der Waals surface area contributed by atoms with Crippen LogP contribution in [0.4, 0.5) is 5.69 Å². The van der Waals surface area contributed by atoms with E-state index in [0.29, 0.717) is 11.4 Å². The zero-order valence-electron chi connectivity index (χ0n) is 16.7. The topological polar surface area (TPSA) is 93.7 Å². The second-order valence-electron chi connectivity index (χ2n) is 7.12. The van der Waals surface area contributed by atoms with E-state index in [1.165, 1.54) is 18.2 Å². The lowest BCUT2D eigenvalue weighted by Crippen LogP contribution is -2.36. The van der Waals surface area contributed by atoms with E-state index in [9.17, 15) is 13.2 Å². The molecule has 0 unspecified atom stereocenters. The number of carbonyl (C=O) groups excluding carboxylic acids is 1. The van der Waals surface area contributed by atoms with Crippen molar-refractivity contribution >= 4 is 33.2 Å². The van der Waals surface area contributed by atoms with Crippen molar-refractivity contribution in [3.05, 3.63) is 47.5 Å². The molecule has 1 aliphatic rings. The molecule has 0 bridgehead atoms. The van der Waals surface area contributed by atoms with Crippen molar-refractivity contribution in [2.24, 2.45) is 0 Å². The van der Waals surface area contributed by atoms with Gasteiger partial charge >= 0.3 is 0 Å². The van der Waals surface area contributed by atoms with Crippen LogP contribution in [-0.2, 0) is 14.8 Å². The molecule has 3 rings (SSSR count). The molecule has 1 fully saturated rings. The molecule has 0 aliphatic heterocycles. The van der Waals surface area contributed by atoms with Crippen molar-refractivity contribution < 1.29 is 22.7 Å². The molecule has 2 N–H and O–H groups in total. The van der Waals surface area contributed by atoms with Gasteiger partial charge in [0, 0.05) is 17.8 Å². The summed E-state index contributed by atoms with van der Waals surface area (Å²) in [6, 6.07) is 11.1. The van der Waals surface area contributed by atoms with Crippen LogP contribution in [0.15, 0.2) is 47.4 Å². The van der Waals surface area contributed by atoms with Crippen LogP contribution in [0, 0.1) is 0 Å². The van der Waals surface area contributed by atoms with E-state index in [4.69, 9.17) is 21.1 Å². The number of halogens is 1. The lowest BCUT2D eigenvalue weighted by Gasteiger charge is -2.22. The van der Waals surface area contributed by atoms with Gasteiger partial charge < -0.3 is 14.8 Å². The zero-order chi connectivity index (χ0) is 21.6. The van der Waals surface area contributed by atoms with Crippen LogP contribution >= 0.6 is 11.6 Å². The fraction of sp³-hybridized carbons (Fsp3) is 0.381. The van der Waals surface area contributed by atoms with Crippen molar-refractivity contribution in [2.45, 2.75) is 43.0 Å². The Hall–Kier alpha value is -2.29. The van der Waals surface area contributed by atoms with E-state index in [2.05, 4.69) is 10.0 Å². The number of rotatable bonds is 8. The largest absolute Gasteiger partial charge is 0.497 e. The molecule has 9 heteroatoms. The van der Waals surface area contributed by atoms with E-state index in [1.807, 2.05) is 0 Å². The normalized spacial score (nSPS) is 14.9. The molecule has 162 valence electrons. The van der Waals surface area contributed by atoms with Gasteiger partial charge in [0.1, 0.15) is 11.5 Å². The van der Waals surface area contributed by atoms with Crippen LogP contribution in [-0.4, -0.2) is 34.1 Å². The minimum absolute atomic E-state index is 0.0428. The maximum atomic E-state index is 12.6. The number of methoxy groups -OCH3 is 1. The molecule has 7 nitrogen and oxygen atoms in total. The van der Waals surface area contributed by atoms with Crippen molar-refractivity contribution in [1.82, 2.24) is 4.72 Å². The van der Waals surface area contributed by atoms with E-state index in [1.54, 1.807) is 31.4 Å². The van der Waals surface area contributed by atoms with Gasteiger partial charge in [-0.05, 0) is 43.2 Å². The third-order valence-electron chi connectivity index (χ3n) is 4.85. The molecule has 1 saturated carbocycles. The molecular formula is C21H25ClN2O5S. The highest BCUT2D eigenvalue weighted by molar-refractivity contribution is 7.89. The molecule has 2 aromatic carbocycles. The molecule has 2 aromatic rings. The lowest BCUT2D eigenvalue weighted by atomic mass is 9.96. The Kier molecular flexibility index (Phi) is 7.58. The monoisotopic (exact) mass is 452 g/mol. The molecule has 0 saturated heterocycles. The van der Waals surface area contributed by atoms with Gasteiger partial charge in [0.2, 0.25) is 10.0 Å². The smallest absolute Gasteiger partial charge is 0.262 e. The van der Waals surface area contributed by atoms with Gasteiger partial charge in [-0.2, -0.15) is 0 Å². The van der Waals surface area contributed by atoms with E-state index in [0.717, 1.165) is 32.1 Å². The number of nitrogens with one attached hydrogen (secondary N) is 2. The summed E-state index contributed by atoms with van der Waals surface area (Å²) in [5.41, 5.74) is 0.573. The molecule has 0 atom stereocenters. The number of ether oxygens (including phenoxy) is 2. The van der Waals surface area contributed by atoms with Crippen LogP contribution in [0.1, 0.15) is 32.1 Å². The first-order chi connectivity index (χ1) is 14.4. The van der Waals surface area contributed by atoms with Crippen molar-refractivity contribution in [3.63, 3.8) is 0 Å². The summed E-state index contributed by atoms with van der Waals surface area (Å²) >= 11 is 6.20. The first-order valence-electron chi connectivity index (χ1n) is 9.76. The highest BCUT2D eigenvalue weighted by atomic mass is 35.5. The van der Waals surface area contributed by atoms with Gasteiger partial charge in [0.25, 0.3) is 5.91 Å². The molecule has 0 aromatic heterocycles. The minimum atomic E-state index is -3.66. The fourth-order valence-corrected chi connectivity index (χ4v) is 4.95. The molecule has 1 amide bonds. The summed E-state index contributed by atoms with van der Waals surface area (Å²) in [4.78, 5) is 12.2. The summed E-state index contributed by atoms with van der Waals surface area (Å²) in [7, 11) is -2.12. The number of benzene rings is 2. The minimum Gasteiger partial charge on any atom is -0.497 e. The number of sulfonamides is 1. The van der Waals surface area contributed by atoms with Crippen molar-refractivity contribution in [1.29, 1.82) is 0 Å². The number of anilines is 1. The highest BCUT2D eigenvalue weighted by Crippen LogP contribution is 2.28. The molecule has 0 heterocycles. The van der Waals surface area contributed by atoms with Crippen LogP contribution in [0.3, 0.4) is 0 Å². The summed E-state index contributed by atoms with van der Waals surface area (Å²) in [6.45, 7) is -0.274. The first-order valence-corrected chi connectivity index (χ1v) is 11.6. The van der Waals surface area contributed by atoms with Crippen LogP contribution in [0.25, 0.3) is 0 Å². The molecule has 0 radical (unpaired) electrons. The van der Waals surface area contributed by atoms with Crippen molar-refractivity contribution in [2.75, 3.05) is 19.0 Å². The molecule has 0 spiro atoms. The zero-order valence-corrected chi connectivity index (χ0v) is 18.3. The fourth-order valence-electron chi connectivity index (χ4n) is 3.31. The lowest BCUT2D eigenvalue weighted by molar-refractivity contribution is -0.118. The summed E-state index contributed by atoms with van der Waals surface area (Å²) in [6.07, 6.45) is 4.88. The number of hydrogen-bond acceptors (Lipinski definition) is 5. The summed E-state index contributed by atoms with van der Waals surface area (Å²) < 4.78 is 38.5. The van der Waals surface area contributed by atoms with E-state index >= 15 is 0 Å². The summed E-state index contributed by atoms with van der Waals surface area (Å²) in [5.74, 6) is 0.472. The average molecular weight is 453 g/mol. The SMILES string of the molecule is COc1cccc(NC(=O)COc2ccc(S(=O)(=O)NC3CCCCC3)cc2Cl)c1. The Morgan fingerprint density at radius 2 is 1.90 bits per heavy atom. The Morgan fingerprint density at radius 1 is 1.13 bits per heavy atom. The summed E-state index contributed by atoms with van der Waals surface area (Å²) in [5, 5.41) is 2.82. The number of amides is 1. The Bertz CT molecular complexity index is 991. The Balaban J connectivity index is 1.58. The van der Waals surface area contributed by atoms with Crippen LogP contribution < -0.4 is 19.5 Å². The predicted molar refractivity (Wildman–Crippen MR) is 116 cm³/mol. The van der Waals surface area contributed by atoms with Crippen LogP contribution in [0.2, 0.25) is 5.02 Å². The molecule has 1 aliphatic carbocycles. The first kappa shape index (κ1) is 22.4. The van der Waals surface area contributed by atoms with Gasteiger partial charge in [-0.25, -0.2) is 13.1 Å². The maximum absolute atomic E-state index is 12.6. The molecule has 30 heavy (non-hydrogen) atoms. The Labute approximate surface area is 181 Å².